The summed E-state index contributed by atoms with van der Waals surface area (Å²) >= 11 is 0. The molecule has 0 amide bonds. The SMILES string of the molecule is CCOc1ccc(C(C)Nc2ccc3c(c2)OCO3)cc1. The van der Waals surface area contributed by atoms with E-state index in [2.05, 4.69) is 24.4 Å². The number of fused-ring (bicyclic) bond motifs is 1. The number of benzene rings is 2. The summed E-state index contributed by atoms with van der Waals surface area (Å²) in [6.45, 7) is 5.09. The van der Waals surface area contributed by atoms with Crippen molar-refractivity contribution in [3.63, 3.8) is 0 Å². The molecule has 2 aromatic carbocycles. The van der Waals surface area contributed by atoms with Gasteiger partial charge >= 0.3 is 0 Å². The van der Waals surface area contributed by atoms with Crippen LogP contribution in [-0.4, -0.2) is 13.4 Å². The predicted molar refractivity (Wildman–Crippen MR) is 82.2 cm³/mol. The number of hydrogen-bond acceptors (Lipinski definition) is 4. The van der Waals surface area contributed by atoms with E-state index in [9.17, 15) is 0 Å². The maximum absolute atomic E-state index is 5.46. The second kappa shape index (κ2) is 5.95. The van der Waals surface area contributed by atoms with Gasteiger partial charge in [-0.25, -0.2) is 0 Å². The molecule has 2 aromatic rings. The van der Waals surface area contributed by atoms with E-state index in [4.69, 9.17) is 14.2 Å². The Hall–Kier alpha value is -2.36. The van der Waals surface area contributed by atoms with E-state index in [-0.39, 0.29) is 6.04 Å². The molecule has 4 heteroatoms. The molecule has 1 heterocycles. The molecule has 4 nitrogen and oxygen atoms in total. The summed E-state index contributed by atoms with van der Waals surface area (Å²) < 4.78 is 16.2. The van der Waals surface area contributed by atoms with Crippen molar-refractivity contribution in [1.82, 2.24) is 0 Å². The zero-order valence-electron chi connectivity index (χ0n) is 12.3. The van der Waals surface area contributed by atoms with Gasteiger partial charge in [0.2, 0.25) is 6.79 Å². The second-order valence-electron chi connectivity index (χ2n) is 4.94. The maximum Gasteiger partial charge on any atom is 0.231 e. The van der Waals surface area contributed by atoms with Crippen LogP contribution in [0.15, 0.2) is 42.5 Å². The highest BCUT2D eigenvalue weighted by molar-refractivity contribution is 5.56. The quantitative estimate of drug-likeness (QED) is 0.901. The van der Waals surface area contributed by atoms with Crippen LogP contribution < -0.4 is 19.5 Å². The van der Waals surface area contributed by atoms with E-state index >= 15 is 0 Å². The van der Waals surface area contributed by atoms with Crippen LogP contribution in [-0.2, 0) is 0 Å². The van der Waals surface area contributed by atoms with Crippen molar-refractivity contribution in [2.75, 3.05) is 18.7 Å². The molecular weight excluding hydrogens is 266 g/mol. The molecule has 0 bridgehead atoms. The van der Waals surface area contributed by atoms with Crippen LogP contribution in [0.3, 0.4) is 0 Å². The molecule has 110 valence electrons. The van der Waals surface area contributed by atoms with Crippen LogP contribution in [0.5, 0.6) is 17.2 Å². The van der Waals surface area contributed by atoms with Crippen molar-refractivity contribution in [1.29, 1.82) is 0 Å². The predicted octanol–water partition coefficient (Wildman–Crippen LogP) is 3.99. The van der Waals surface area contributed by atoms with E-state index in [1.54, 1.807) is 0 Å². The van der Waals surface area contributed by atoms with Crippen molar-refractivity contribution in [2.45, 2.75) is 19.9 Å². The fourth-order valence-electron chi connectivity index (χ4n) is 2.34. The lowest BCUT2D eigenvalue weighted by Crippen LogP contribution is -2.06. The van der Waals surface area contributed by atoms with E-state index < -0.39 is 0 Å². The van der Waals surface area contributed by atoms with E-state index in [1.807, 2.05) is 37.3 Å². The molecule has 0 fully saturated rings. The average molecular weight is 285 g/mol. The first kappa shape index (κ1) is 13.6. The molecule has 0 aromatic heterocycles. The van der Waals surface area contributed by atoms with Gasteiger partial charge < -0.3 is 19.5 Å². The fourth-order valence-corrected chi connectivity index (χ4v) is 2.34. The monoisotopic (exact) mass is 285 g/mol. The third-order valence-electron chi connectivity index (χ3n) is 3.45. The van der Waals surface area contributed by atoms with Gasteiger partial charge in [-0.1, -0.05) is 12.1 Å². The topological polar surface area (TPSA) is 39.7 Å². The summed E-state index contributed by atoms with van der Waals surface area (Å²) in [5, 5.41) is 3.46. The molecule has 1 aliphatic heterocycles. The zero-order valence-corrected chi connectivity index (χ0v) is 12.3. The van der Waals surface area contributed by atoms with Crippen molar-refractivity contribution in [2.24, 2.45) is 0 Å². The molecule has 0 aliphatic carbocycles. The van der Waals surface area contributed by atoms with Crippen LogP contribution >= 0.6 is 0 Å². The molecule has 1 unspecified atom stereocenters. The molecule has 0 saturated carbocycles. The Morgan fingerprint density at radius 2 is 1.86 bits per heavy atom. The van der Waals surface area contributed by atoms with Gasteiger partial charge in [-0.15, -0.1) is 0 Å². The average Bonchev–Trinajstić information content (AvgIpc) is 2.96. The van der Waals surface area contributed by atoms with Gasteiger partial charge in [-0.05, 0) is 43.7 Å². The van der Waals surface area contributed by atoms with Crippen LogP contribution in [0.2, 0.25) is 0 Å². The molecule has 0 radical (unpaired) electrons. The summed E-state index contributed by atoms with van der Waals surface area (Å²) in [4.78, 5) is 0. The first-order valence-corrected chi connectivity index (χ1v) is 7.15. The number of rotatable bonds is 5. The first-order chi connectivity index (χ1) is 10.3. The summed E-state index contributed by atoms with van der Waals surface area (Å²) in [6, 6.07) is 14.2. The molecule has 21 heavy (non-hydrogen) atoms. The molecule has 3 rings (SSSR count). The summed E-state index contributed by atoms with van der Waals surface area (Å²) in [6.07, 6.45) is 0. The lowest BCUT2D eigenvalue weighted by molar-refractivity contribution is 0.174. The van der Waals surface area contributed by atoms with Crippen LogP contribution in [0.4, 0.5) is 5.69 Å². The van der Waals surface area contributed by atoms with Crippen LogP contribution in [0, 0.1) is 0 Å². The highest BCUT2D eigenvalue weighted by Gasteiger charge is 2.14. The normalized spacial score (nSPS) is 13.8. The molecule has 1 atom stereocenters. The Bertz CT molecular complexity index is 610. The number of ether oxygens (including phenoxy) is 3. The Labute approximate surface area is 124 Å². The molecule has 0 spiro atoms. The van der Waals surface area contributed by atoms with Crippen molar-refractivity contribution in [3.05, 3.63) is 48.0 Å². The number of hydrogen-bond donors (Lipinski definition) is 1. The largest absolute Gasteiger partial charge is 0.494 e. The van der Waals surface area contributed by atoms with Gasteiger partial charge in [0, 0.05) is 17.8 Å². The summed E-state index contributed by atoms with van der Waals surface area (Å²) in [7, 11) is 0. The maximum atomic E-state index is 5.46. The number of anilines is 1. The minimum absolute atomic E-state index is 0.195. The Morgan fingerprint density at radius 1 is 1.10 bits per heavy atom. The van der Waals surface area contributed by atoms with Gasteiger partial charge in [-0.2, -0.15) is 0 Å². The van der Waals surface area contributed by atoms with Crippen LogP contribution in [0.25, 0.3) is 0 Å². The molecule has 1 N–H and O–H groups in total. The van der Waals surface area contributed by atoms with Crippen LogP contribution in [0.1, 0.15) is 25.5 Å². The second-order valence-corrected chi connectivity index (χ2v) is 4.94. The smallest absolute Gasteiger partial charge is 0.231 e. The van der Waals surface area contributed by atoms with Gasteiger partial charge in [-0.3, -0.25) is 0 Å². The first-order valence-electron chi connectivity index (χ1n) is 7.15. The molecule has 0 saturated heterocycles. The lowest BCUT2D eigenvalue weighted by atomic mass is 10.1. The summed E-state index contributed by atoms with van der Waals surface area (Å²) in [5.74, 6) is 2.49. The van der Waals surface area contributed by atoms with Gasteiger partial charge in [0.25, 0.3) is 0 Å². The highest BCUT2D eigenvalue weighted by Crippen LogP contribution is 2.35. The lowest BCUT2D eigenvalue weighted by Gasteiger charge is -2.16. The van der Waals surface area contributed by atoms with Gasteiger partial charge in [0.1, 0.15) is 5.75 Å². The van der Waals surface area contributed by atoms with E-state index in [1.165, 1.54) is 5.56 Å². The van der Waals surface area contributed by atoms with E-state index in [0.717, 1.165) is 22.9 Å². The van der Waals surface area contributed by atoms with Gasteiger partial charge in [0.05, 0.1) is 6.61 Å². The molecule has 1 aliphatic rings. The third kappa shape index (κ3) is 3.05. The highest BCUT2D eigenvalue weighted by atomic mass is 16.7. The van der Waals surface area contributed by atoms with Crippen molar-refractivity contribution in [3.8, 4) is 17.2 Å². The van der Waals surface area contributed by atoms with Crippen molar-refractivity contribution < 1.29 is 14.2 Å². The third-order valence-corrected chi connectivity index (χ3v) is 3.45. The molecular formula is C17H19NO3. The number of nitrogens with one attached hydrogen (secondary N) is 1. The fraction of sp³-hybridized carbons (Fsp3) is 0.294. The zero-order chi connectivity index (χ0) is 14.7. The minimum atomic E-state index is 0.195. The summed E-state index contributed by atoms with van der Waals surface area (Å²) in [5.41, 5.74) is 2.22. The van der Waals surface area contributed by atoms with Gasteiger partial charge in [0.15, 0.2) is 11.5 Å². The Balaban J connectivity index is 1.69. The standard InChI is InChI=1S/C17H19NO3/c1-3-19-15-7-4-13(5-8-15)12(2)18-14-6-9-16-17(10-14)21-11-20-16/h4-10,12,18H,3,11H2,1-2H3. The van der Waals surface area contributed by atoms with Crippen molar-refractivity contribution >= 4 is 5.69 Å². The minimum Gasteiger partial charge on any atom is -0.494 e. The Kier molecular flexibility index (Phi) is 3.86. The van der Waals surface area contributed by atoms with E-state index in [0.29, 0.717) is 13.4 Å². The Morgan fingerprint density at radius 3 is 2.62 bits per heavy atom.